The van der Waals surface area contributed by atoms with Crippen LogP contribution in [0.4, 0.5) is 13.2 Å². The van der Waals surface area contributed by atoms with Crippen molar-refractivity contribution >= 4 is 26.8 Å². The highest BCUT2D eigenvalue weighted by molar-refractivity contribution is 9.10. The zero-order valence-corrected chi connectivity index (χ0v) is 17.9. The van der Waals surface area contributed by atoms with E-state index in [1.165, 1.54) is 13.2 Å². The third-order valence-corrected chi connectivity index (χ3v) is 5.93. The standard InChI is InChI=1S/C21H21BrF3N3O/c1-11-6-14-13(4-5-17-15(14)9-26-27-17)20(28(11)10-21(2,24)25)19-16(23)7-12(22)8-18(19)29-3/h4-5,7-9,11,20H,6,10H2,1-3H3,(H,26,27)/t11-,20+/m1/s1. The molecule has 1 N–H and O–H groups in total. The molecule has 2 heterocycles. The largest absolute Gasteiger partial charge is 0.496 e. The van der Waals surface area contributed by atoms with E-state index in [4.69, 9.17) is 4.74 Å². The lowest BCUT2D eigenvalue weighted by Crippen LogP contribution is -2.47. The minimum atomic E-state index is -2.93. The summed E-state index contributed by atoms with van der Waals surface area (Å²) in [5.74, 6) is -3.11. The highest BCUT2D eigenvalue weighted by atomic mass is 79.9. The minimum Gasteiger partial charge on any atom is -0.496 e. The Kier molecular flexibility index (Phi) is 5.11. The van der Waals surface area contributed by atoms with Crippen molar-refractivity contribution in [2.45, 2.75) is 38.3 Å². The number of hydrogen-bond acceptors (Lipinski definition) is 3. The summed E-state index contributed by atoms with van der Waals surface area (Å²) in [6.07, 6.45) is 2.30. The fraction of sp³-hybridized carbons (Fsp3) is 0.381. The van der Waals surface area contributed by atoms with Crippen LogP contribution in [0.5, 0.6) is 5.75 Å². The lowest BCUT2D eigenvalue weighted by atomic mass is 9.83. The van der Waals surface area contributed by atoms with Crippen LogP contribution in [0, 0.1) is 5.82 Å². The van der Waals surface area contributed by atoms with E-state index in [9.17, 15) is 8.78 Å². The van der Waals surface area contributed by atoms with Crippen LogP contribution < -0.4 is 4.74 Å². The predicted octanol–water partition coefficient (Wildman–Crippen LogP) is 5.46. The smallest absolute Gasteiger partial charge is 0.257 e. The maximum Gasteiger partial charge on any atom is 0.257 e. The highest BCUT2D eigenvalue weighted by Crippen LogP contribution is 2.45. The van der Waals surface area contributed by atoms with Crippen molar-refractivity contribution in [3.05, 3.63) is 57.4 Å². The van der Waals surface area contributed by atoms with Crippen LogP contribution in [-0.2, 0) is 6.42 Å². The Labute approximate surface area is 175 Å². The second-order valence-corrected chi connectivity index (χ2v) is 8.58. The van der Waals surface area contributed by atoms with E-state index in [0.717, 1.165) is 29.0 Å². The third kappa shape index (κ3) is 3.64. The molecule has 3 aromatic rings. The number of ether oxygens (including phenoxy) is 1. The van der Waals surface area contributed by atoms with Crippen molar-refractivity contribution in [1.82, 2.24) is 15.1 Å². The molecule has 0 fully saturated rings. The van der Waals surface area contributed by atoms with Gasteiger partial charge >= 0.3 is 0 Å². The topological polar surface area (TPSA) is 41.1 Å². The van der Waals surface area contributed by atoms with Gasteiger partial charge in [-0.25, -0.2) is 13.2 Å². The van der Waals surface area contributed by atoms with E-state index < -0.39 is 24.3 Å². The Morgan fingerprint density at radius 2 is 2.10 bits per heavy atom. The molecule has 0 spiro atoms. The number of aromatic nitrogens is 2. The molecule has 4 nitrogen and oxygen atoms in total. The van der Waals surface area contributed by atoms with Crippen molar-refractivity contribution in [1.29, 1.82) is 0 Å². The van der Waals surface area contributed by atoms with E-state index in [2.05, 4.69) is 26.1 Å². The van der Waals surface area contributed by atoms with Gasteiger partial charge in [-0.15, -0.1) is 0 Å². The SMILES string of the molecule is COc1cc(Br)cc(F)c1[C@@H]1c2ccc3[nH]ncc3c2C[C@@H](C)N1CC(C)(F)F. The van der Waals surface area contributed by atoms with Gasteiger partial charge in [0.2, 0.25) is 0 Å². The molecule has 0 bridgehead atoms. The first-order valence-corrected chi connectivity index (χ1v) is 10.1. The van der Waals surface area contributed by atoms with Crippen molar-refractivity contribution in [2.24, 2.45) is 0 Å². The van der Waals surface area contributed by atoms with Gasteiger partial charge in [-0.1, -0.05) is 22.0 Å². The lowest BCUT2D eigenvalue weighted by Gasteiger charge is -2.43. The zero-order chi connectivity index (χ0) is 20.9. The summed E-state index contributed by atoms with van der Waals surface area (Å²) in [5, 5.41) is 7.98. The molecule has 0 aliphatic carbocycles. The third-order valence-electron chi connectivity index (χ3n) is 5.47. The maximum absolute atomic E-state index is 15.2. The molecule has 0 radical (unpaired) electrons. The summed E-state index contributed by atoms with van der Waals surface area (Å²) in [6, 6.07) is 5.79. The van der Waals surface area contributed by atoms with Gasteiger partial charge in [0, 0.05) is 22.8 Å². The van der Waals surface area contributed by atoms with Crippen LogP contribution >= 0.6 is 15.9 Å². The zero-order valence-electron chi connectivity index (χ0n) is 16.3. The first-order valence-electron chi connectivity index (χ1n) is 9.31. The number of benzene rings is 2. The normalized spacial score (nSPS) is 20.1. The number of aromatic amines is 1. The monoisotopic (exact) mass is 467 g/mol. The number of H-pyrrole nitrogens is 1. The van der Waals surface area contributed by atoms with Gasteiger partial charge in [0.15, 0.2) is 0 Å². The number of fused-ring (bicyclic) bond motifs is 3. The fourth-order valence-corrected chi connectivity index (χ4v) is 4.72. The summed E-state index contributed by atoms with van der Waals surface area (Å²) in [7, 11) is 1.45. The Morgan fingerprint density at radius 3 is 2.79 bits per heavy atom. The number of alkyl halides is 2. The predicted molar refractivity (Wildman–Crippen MR) is 109 cm³/mol. The molecule has 4 rings (SSSR count). The number of rotatable bonds is 4. The highest BCUT2D eigenvalue weighted by Gasteiger charge is 2.41. The molecule has 0 saturated heterocycles. The number of nitrogens with zero attached hydrogens (tertiary/aromatic N) is 2. The Morgan fingerprint density at radius 1 is 1.34 bits per heavy atom. The number of hydrogen-bond donors (Lipinski definition) is 1. The van der Waals surface area contributed by atoms with E-state index in [-0.39, 0.29) is 11.6 Å². The molecule has 1 aliphatic heterocycles. The molecule has 8 heteroatoms. The van der Waals surface area contributed by atoms with Crippen LogP contribution in [0.25, 0.3) is 10.9 Å². The van der Waals surface area contributed by atoms with Crippen molar-refractivity contribution < 1.29 is 17.9 Å². The molecular formula is C21H21BrF3N3O. The van der Waals surface area contributed by atoms with Crippen LogP contribution in [0.15, 0.2) is 34.9 Å². The van der Waals surface area contributed by atoms with E-state index >= 15 is 4.39 Å². The van der Waals surface area contributed by atoms with Crippen LogP contribution in [0.2, 0.25) is 0 Å². The number of halogens is 4. The number of methoxy groups -OCH3 is 1. The van der Waals surface area contributed by atoms with Crippen LogP contribution in [-0.4, -0.2) is 40.7 Å². The average molecular weight is 468 g/mol. The Hall–Kier alpha value is -2.06. The Bertz CT molecular complexity index is 1060. The molecule has 0 amide bonds. The molecule has 154 valence electrons. The fourth-order valence-electron chi connectivity index (χ4n) is 4.31. The van der Waals surface area contributed by atoms with E-state index in [0.29, 0.717) is 16.6 Å². The van der Waals surface area contributed by atoms with E-state index in [1.807, 2.05) is 19.1 Å². The molecule has 2 atom stereocenters. The first kappa shape index (κ1) is 20.2. The minimum absolute atomic E-state index is 0.230. The molecule has 1 aliphatic rings. The summed E-state index contributed by atoms with van der Waals surface area (Å²) in [6.45, 7) is 2.30. The molecule has 0 saturated carbocycles. The van der Waals surface area contributed by atoms with Crippen molar-refractivity contribution in [3.8, 4) is 5.75 Å². The van der Waals surface area contributed by atoms with Gasteiger partial charge in [0.05, 0.1) is 37.0 Å². The van der Waals surface area contributed by atoms with E-state index in [1.54, 1.807) is 17.2 Å². The van der Waals surface area contributed by atoms with Crippen molar-refractivity contribution in [3.63, 3.8) is 0 Å². The van der Waals surface area contributed by atoms with Gasteiger partial charge in [0.1, 0.15) is 11.6 Å². The van der Waals surface area contributed by atoms with Crippen LogP contribution in [0.1, 0.15) is 36.6 Å². The van der Waals surface area contributed by atoms with Gasteiger partial charge in [-0.3, -0.25) is 10.00 Å². The lowest BCUT2D eigenvalue weighted by molar-refractivity contribution is -0.0368. The van der Waals surface area contributed by atoms with Crippen LogP contribution in [0.3, 0.4) is 0 Å². The quantitative estimate of drug-likeness (QED) is 0.553. The molecule has 0 unspecified atom stereocenters. The number of nitrogens with one attached hydrogen (secondary N) is 1. The van der Waals surface area contributed by atoms with Gasteiger partial charge < -0.3 is 4.74 Å². The molecule has 1 aromatic heterocycles. The Balaban J connectivity index is 1.99. The summed E-state index contributed by atoms with van der Waals surface area (Å²) < 4.78 is 49.4. The van der Waals surface area contributed by atoms with Gasteiger partial charge in [0.25, 0.3) is 5.92 Å². The maximum atomic E-state index is 15.2. The second kappa shape index (κ2) is 7.32. The average Bonchev–Trinajstić information content (AvgIpc) is 3.11. The van der Waals surface area contributed by atoms with Gasteiger partial charge in [-0.05, 0) is 42.7 Å². The van der Waals surface area contributed by atoms with Crippen molar-refractivity contribution in [2.75, 3.05) is 13.7 Å². The first-order chi connectivity index (χ1) is 13.7. The van der Waals surface area contributed by atoms with Gasteiger partial charge in [-0.2, -0.15) is 5.10 Å². The summed E-state index contributed by atoms with van der Waals surface area (Å²) >= 11 is 3.28. The molecule has 2 aromatic carbocycles. The second-order valence-electron chi connectivity index (χ2n) is 7.67. The molecule has 29 heavy (non-hydrogen) atoms. The molecular weight excluding hydrogens is 447 g/mol. The summed E-state index contributed by atoms with van der Waals surface area (Å²) in [4.78, 5) is 1.67. The summed E-state index contributed by atoms with van der Waals surface area (Å²) in [5.41, 5.74) is 2.91.